The molecule has 1 N–H and O–H groups in total. The number of unbranched alkanes of at least 4 members (excludes halogenated alkanes) is 3. The van der Waals surface area contributed by atoms with Gasteiger partial charge in [0.05, 0.1) is 5.41 Å². The Morgan fingerprint density at radius 3 is 2.74 bits per heavy atom. The van der Waals surface area contributed by atoms with Gasteiger partial charge in [0.15, 0.2) is 0 Å². The largest absolute Gasteiger partial charge is 0.481 e. The summed E-state index contributed by atoms with van der Waals surface area (Å²) in [7, 11) is 0. The van der Waals surface area contributed by atoms with Gasteiger partial charge in [-0.05, 0) is 37.5 Å². The first-order valence-electron chi connectivity index (χ1n) is 6.43. The highest BCUT2D eigenvalue weighted by Gasteiger charge is 2.34. The minimum Gasteiger partial charge on any atom is -0.481 e. The van der Waals surface area contributed by atoms with Crippen molar-refractivity contribution in [2.45, 2.75) is 44.4 Å². The summed E-state index contributed by atoms with van der Waals surface area (Å²) in [5, 5.41) is 9.53. The van der Waals surface area contributed by atoms with Crippen molar-refractivity contribution in [1.82, 2.24) is 0 Å². The van der Waals surface area contributed by atoms with Gasteiger partial charge < -0.3 is 5.11 Å². The highest BCUT2D eigenvalue weighted by Crippen LogP contribution is 2.32. The number of carbonyl (C=O) groups is 1. The number of carboxylic acid groups (broad SMARTS) is 1. The van der Waals surface area contributed by atoms with Crippen LogP contribution < -0.4 is 0 Å². The van der Waals surface area contributed by atoms with Crippen molar-refractivity contribution < 1.29 is 9.90 Å². The van der Waals surface area contributed by atoms with Crippen LogP contribution in [0.5, 0.6) is 0 Å². The molecular formula is C16H19BrO2. The molecule has 102 valence electrons. The van der Waals surface area contributed by atoms with Crippen molar-refractivity contribution >= 4 is 21.9 Å². The molecule has 0 heterocycles. The number of carboxylic acids is 1. The quantitative estimate of drug-likeness (QED) is 0.597. The molecule has 0 fully saturated rings. The smallest absolute Gasteiger partial charge is 0.313 e. The Hall–Kier alpha value is -1.27. The van der Waals surface area contributed by atoms with E-state index in [0.717, 1.165) is 35.7 Å². The summed E-state index contributed by atoms with van der Waals surface area (Å²) in [5.41, 5.74) is 0.00578. The molecule has 0 aromatic heterocycles. The van der Waals surface area contributed by atoms with Crippen LogP contribution in [0.2, 0.25) is 0 Å². The molecule has 0 radical (unpaired) electrons. The van der Waals surface area contributed by atoms with Gasteiger partial charge in [0.1, 0.15) is 0 Å². The number of terminal acetylenes is 1. The molecule has 0 aliphatic heterocycles. The fourth-order valence-electron chi connectivity index (χ4n) is 2.09. The first-order chi connectivity index (χ1) is 9.00. The molecule has 19 heavy (non-hydrogen) atoms. The third-order valence-corrected chi connectivity index (χ3v) is 3.92. The zero-order valence-electron chi connectivity index (χ0n) is 11.2. The van der Waals surface area contributed by atoms with Crippen LogP contribution in [-0.4, -0.2) is 11.1 Å². The van der Waals surface area contributed by atoms with E-state index in [0.29, 0.717) is 6.42 Å². The number of aliphatic carboxylic acids is 1. The third-order valence-electron chi connectivity index (χ3n) is 3.43. The van der Waals surface area contributed by atoms with Crippen LogP contribution in [-0.2, 0) is 10.2 Å². The minimum absolute atomic E-state index is 0.628. The summed E-state index contributed by atoms with van der Waals surface area (Å²) in [6.45, 7) is 1.79. The lowest BCUT2D eigenvalue weighted by atomic mass is 9.78. The van der Waals surface area contributed by atoms with Crippen LogP contribution in [0.15, 0.2) is 28.7 Å². The van der Waals surface area contributed by atoms with Gasteiger partial charge in [0, 0.05) is 10.9 Å². The molecule has 1 atom stereocenters. The molecule has 1 rings (SSSR count). The number of hydrogen-bond acceptors (Lipinski definition) is 1. The van der Waals surface area contributed by atoms with E-state index in [1.807, 2.05) is 24.3 Å². The van der Waals surface area contributed by atoms with E-state index in [2.05, 4.69) is 21.9 Å². The molecule has 0 bridgehead atoms. The number of rotatable bonds is 7. The van der Waals surface area contributed by atoms with Crippen molar-refractivity contribution in [2.75, 3.05) is 0 Å². The van der Waals surface area contributed by atoms with Gasteiger partial charge >= 0.3 is 5.97 Å². The predicted octanol–water partition coefficient (Wildman–Crippen LogP) is 4.38. The van der Waals surface area contributed by atoms with Crippen LogP contribution in [0.4, 0.5) is 0 Å². The van der Waals surface area contributed by atoms with Gasteiger partial charge in [0.25, 0.3) is 0 Å². The van der Waals surface area contributed by atoms with Crippen LogP contribution in [0.1, 0.15) is 44.6 Å². The lowest BCUT2D eigenvalue weighted by molar-refractivity contribution is -0.143. The lowest BCUT2D eigenvalue weighted by Gasteiger charge is -2.25. The van der Waals surface area contributed by atoms with E-state index in [4.69, 9.17) is 6.42 Å². The molecule has 0 saturated carbocycles. The molecule has 1 aromatic rings. The second-order valence-electron chi connectivity index (χ2n) is 4.91. The Kier molecular flexibility index (Phi) is 6.11. The molecule has 3 heteroatoms. The molecule has 0 aliphatic carbocycles. The van der Waals surface area contributed by atoms with Crippen LogP contribution in [0.3, 0.4) is 0 Å². The normalized spacial score (nSPS) is 13.5. The Labute approximate surface area is 123 Å². The molecule has 0 saturated heterocycles. The van der Waals surface area contributed by atoms with Gasteiger partial charge in [-0.25, -0.2) is 0 Å². The summed E-state index contributed by atoms with van der Waals surface area (Å²) in [4.78, 5) is 11.6. The monoisotopic (exact) mass is 322 g/mol. The van der Waals surface area contributed by atoms with E-state index in [1.54, 1.807) is 6.92 Å². The summed E-state index contributed by atoms with van der Waals surface area (Å²) < 4.78 is 0.907. The third kappa shape index (κ3) is 4.40. The van der Waals surface area contributed by atoms with E-state index < -0.39 is 11.4 Å². The van der Waals surface area contributed by atoms with Gasteiger partial charge in [-0.2, -0.15) is 0 Å². The van der Waals surface area contributed by atoms with Crippen molar-refractivity contribution in [3.8, 4) is 12.3 Å². The summed E-state index contributed by atoms with van der Waals surface area (Å²) >= 11 is 3.39. The zero-order chi connectivity index (χ0) is 14.3. The van der Waals surface area contributed by atoms with Crippen molar-refractivity contribution in [3.63, 3.8) is 0 Å². The van der Waals surface area contributed by atoms with Crippen LogP contribution in [0, 0.1) is 12.3 Å². The van der Waals surface area contributed by atoms with Crippen molar-refractivity contribution in [3.05, 3.63) is 34.3 Å². The second kappa shape index (κ2) is 7.35. The fourth-order valence-corrected chi connectivity index (χ4v) is 2.49. The Bertz CT molecular complexity index is 476. The van der Waals surface area contributed by atoms with Gasteiger partial charge in [0.2, 0.25) is 0 Å². The summed E-state index contributed by atoms with van der Waals surface area (Å²) in [6.07, 6.45) is 9.40. The molecule has 0 aliphatic rings. The average Bonchev–Trinajstić information content (AvgIpc) is 2.38. The molecular weight excluding hydrogens is 304 g/mol. The van der Waals surface area contributed by atoms with Crippen molar-refractivity contribution in [1.29, 1.82) is 0 Å². The van der Waals surface area contributed by atoms with Crippen LogP contribution >= 0.6 is 15.9 Å². The van der Waals surface area contributed by atoms with E-state index in [9.17, 15) is 9.90 Å². The fraction of sp³-hybridized carbons (Fsp3) is 0.438. The minimum atomic E-state index is -0.833. The van der Waals surface area contributed by atoms with Crippen LogP contribution in [0.25, 0.3) is 0 Å². The molecule has 1 aromatic carbocycles. The highest BCUT2D eigenvalue weighted by molar-refractivity contribution is 9.10. The van der Waals surface area contributed by atoms with Gasteiger partial charge in [-0.15, -0.1) is 12.3 Å². The van der Waals surface area contributed by atoms with E-state index in [1.165, 1.54) is 0 Å². The lowest BCUT2D eigenvalue weighted by Crippen LogP contribution is -2.32. The maximum absolute atomic E-state index is 11.6. The maximum atomic E-state index is 11.6. The molecule has 1 unspecified atom stereocenters. The van der Waals surface area contributed by atoms with Gasteiger partial charge in [-0.3, -0.25) is 4.79 Å². The summed E-state index contributed by atoms with van der Waals surface area (Å²) in [6, 6.07) is 7.54. The first kappa shape index (κ1) is 15.8. The Morgan fingerprint density at radius 2 is 2.16 bits per heavy atom. The Morgan fingerprint density at radius 1 is 1.42 bits per heavy atom. The molecule has 2 nitrogen and oxygen atoms in total. The predicted molar refractivity (Wildman–Crippen MR) is 81.0 cm³/mol. The molecule has 0 amide bonds. The SMILES string of the molecule is C#CCCCCCC(C)(C(=O)O)c1cccc(Br)c1. The van der Waals surface area contributed by atoms with E-state index >= 15 is 0 Å². The topological polar surface area (TPSA) is 37.3 Å². The van der Waals surface area contributed by atoms with E-state index in [-0.39, 0.29) is 0 Å². The number of hydrogen-bond donors (Lipinski definition) is 1. The van der Waals surface area contributed by atoms with Crippen molar-refractivity contribution in [2.24, 2.45) is 0 Å². The standard InChI is InChI=1S/C16H19BrO2/c1-3-4-5-6-7-11-16(2,15(18)19)13-9-8-10-14(17)12-13/h1,8-10,12H,4-7,11H2,2H3,(H,18,19). The zero-order valence-corrected chi connectivity index (χ0v) is 12.7. The second-order valence-corrected chi connectivity index (χ2v) is 5.83. The van der Waals surface area contributed by atoms with Gasteiger partial charge in [-0.1, -0.05) is 40.9 Å². The molecule has 0 spiro atoms. The first-order valence-corrected chi connectivity index (χ1v) is 7.23. The summed E-state index contributed by atoms with van der Waals surface area (Å²) in [5.74, 6) is 1.83. The average molecular weight is 323 g/mol. The number of benzene rings is 1. The number of halogens is 1. The Balaban J connectivity index is 2.75. The maximum Gasteiger partial charge on any atom is 0.313 e. The highest BCUT2D eigenvalue weighted by atomic mass is 79.9.